The van der Waals surface area contributed by atoms with E-state index in [2.05, 4.69) is 39.2 Å². The number of aromatic nitrogens is 3. The van der Waals surface area contributed by atoms with Gasteiger partial charge in [-0.1, -0.05) is 24.3 Å². The molecule has 1 aromatic carbocycles. The van der Waals surface area contributed by atoms with Gasteiger partial charge in [0, 0.05) is 45.5 Å². The number of carbonyl (C=O) groups excluding carboxylic acids is 1. The molecule has 1 aliphatic heterocycles. The number of nitrogens with zero attached hydrogens (tertiary/aromatic N) is 5. The minimum atomic E-state index is 0.0734. The van der Waals surface area contributed by atoms with Crippen molar-refractivity contribution in [1.82, 2.24) is 24.6 Å². The topological polar surface area (TPSA) is 54.3 Å². The maximum Gasteiger partial charge on any atom is 0.255 e. The zero-order chi connectivity index (χ0) is 19.1. The lowest BCUT2D eigenvalue weighted by Gasteiger charge is -2.41. The van der Waals surface area contributed by atoms with Gasteiger partial charge < -0.3 is 4.90 Å². The molecule has 2 aromatic heterocycles. The van der Waals surface area contributed by atoms with Crippen molar-refractivity contribution in [2.24, 2.45) is 7.05 Å². The van der Waals surface area contributed by atoms with Crippen molar-refractivity contribution in [3.05, 3.63) is 59.4 Å². The first-order valence-corrected chi connectivity index (χ1v) is 10.1. The van der Waals surface area contributed by atoms with Gasteiger partial charge in [-0.25, -0.2) is 0 Å². The van der Waals surface area contributed by atoms with Crippen molar-refractivity contribution in [3.8, 4) is 0 Å². The number of piperazine rings is 1. The van der Waals surface area contributed by atoms with E-state index < -0.39 is 0 Å². The molecule has 0 N–H and O–H groups in total. The fourth-order valence-electron chi connectivity index (χ4n) is 4.61. The maximum absolute atomic E-state index is 13.0. The second kappa shape index (κ2) is 7.02. The Morgan fingerprint density at radius 3 is 2.68 bits per heavy atom. The molecule has 6 heteroatoms. The second-order valence-electron chi connectivity index (χ2n) is 7.89. The third kappa shape index (κ3) is 3.07. The molecule has 1 unspecified atom stereocenters. The summed E-state index contributed by atoms with van der Waals surface area (Å²) in [6, 6.07) is 11.3. The summed E-state index contributed by atoms with van der Waals surface area (Å²) in [6.45, 7) is 3.45. The van der Waals surface area contributed by atoms with Gasteiger partial charge in [0.2, 0.25) is 0 Å². The first-order chi connectivity index (χ1) is 13.7. The van der Waals surface area contributed by atoms with E-state index in [-0.39, 0.29) is 5.91 Å². The highest BCUT2D eigenvalue weighted by Crippen LogP contribution is 2.25. The van der Waals surface area contributed by atoms with E-state index in [1.165, 1.54) is 17.5 Å². The van der Waals surface area contributed by atoms with Gasteiger partial charge in [0.15, 0.2) is 0 Å². The molecule has 5 rings (SSSR count). The molecular formula is C22H25N5O. The Labute approximate surface area is 164 Å². The number of pyridine rings is 1. The Morgan fingerprint density at radius 2 is 1.86 bits per heavy atom. The molecule has 0 bridgehead atoms. The highest BCUT2D eigenvalue weighted by molar-refractivity contribution is 5.96. The fraction of sp³-hybridized carbons (Fsp3) is 0.409. The summed E-state index contributed by atoms with van der Waals surface area (Å²) < 4.78 is 1.76. The lowest BCUT2D eigenvalue weighted by molar-refractivity contribution is 0.0553. The predicted molar refractivity (Wildman–Crippen MR) is 108 cm³/mol. The predicted octanol–water partition coefficient (Wildman–Crippen LogP) is 2.28. The standard InChI is InChI=1S/C22H25N5O/c1-25-21-13-18(14-23-20(21)15-24-25)22(28)27-10-8-26(9-11-27)19-7-6-16-4-2-3-5-17(16)12-19/h2-5,13-15,19H,6-12H2,1H3. The SMILES string of the molecule is Cn1ncc2ncc(C(=O)N3CCN(C4CCc5ccccc5C4)CC3)cc21. The van der Waals surface area contributed by atoms with Gasteiger partial charge in [-0.3, -0.25) is 19.4 Å². The first kappa shape index (κ1) is 17.4. The molecule has 6 nitrogen and oxygen atoms in total. The summed E-state index contributed by atoms with van der Waals surface area (Å²) in [5.74, 6) is 0.0734. The average Bonchev–Trinajstić information content (AvgIpc) is 3.13. The van der Waals surface area contributed by atoms with Crippen LogP contribution in [0.2, 0.25) is 0 Å². The van der Waals surface area contributed by atoms with Crippen molar-refractivity contribution in [1.29, 1.82) is 0 Å². The highest BCUT2D eigenvalue weighted by atomic mass is 16.2. The number of fused-ring (bicyclic) bond motifs is 2. The van der Waals surface area contributed by atoms with Crippen LogP contribution in [0.15, 0.2) is 42.7 Å². The van der Waals surface area contributed by atoms with Gasteiger partial charge in [0.25, 0.3) is 5.91 Å². The number of hydrogen-bond acceptors (Lipinski definition) is 4. The van der Waals surface area contributed by atoms with Crippen molar-refractivity contribution in [3.63, 3.8) is 0 Å². The van der Waals surface area contributed by atoms with Crippen molar-refractivity contribution >= 4 is 16.9 Å². The van der Waals surface area contributed by atoms with Gasteiger partial charge in [0.05, 0.1) is 17.3 Å². The maximum atomic E-state index is 13.0. The van der Waals surface area contributed by atoms with Gasteiger partial charge in [-0.05, 0) is 36.5 Å². The van der Waals surface area contributed by atoms with Crippen LogP contribution < -0.4 is 0 Å². The minimum absolute atomic E-state index is 0.0734. The Kier molecular flexibility index (Phi) is 4.36. The summed E-state index contributed by atoms with van der Waals surface area (Å²) in [6.07, 6.45) is 6.91. The smallest absolute Gasteiger partial charge is 0.255 e. The zero-order valence-electron chi connectivity index (χ0n) is 16.2. The molecule has 28 heavy (non-hydrogen) atoms. The van der Waals surface area contributed by atoms with E-state index >= 15 is 0 Å². The summed E-state index contributed by atoms with van der Waals surface area (Å²) in [5, 5.41) is 4.21. The lowest BCUT2D eigenvalue weighted by Crippen LogP contribution is -2.53. The number of amides is 1. The molecule has 0 spiro atoms. The van der Waals surface area contributed by atoms with Crippen LogP contribution in [0.1, 0.15) is 27.9 Å². The van der Waals surface area contributed by atoms with Gasteiger partial charge in [0.1, 0.15) is 5.52 Å². The van der Waals surface area contributed by atoms with E-state index in [1.54, 1.807) is 17.1 Å². The average molecular weight is 375 g/mol. The van der Waals surface area contributed by atoms with Crippen LogP contribution in [0, 0.1) is 0 Å². The normalized spacial score (nSPS) is 20.3. The van der Waals surface area contributed by atoms with E-state index in [0.29, 0.717) is 11.6 Å². The molecule has 0 radical (unpaired) electrons. The second-order valence-corrected chi connectivity index (χ2v) is 7.89. The first-order valence-electron chi connectivity index (χ1n) is 10.1. The Morgan fingerprint density at radius 1 is 1.07 bits per heavy atom. The number of rotatable bonds is 2. The number of benzene rings is 1. The molecule has 1 fully saturated rings. The van der Waals surface area contributed by atoms with Crippen molar-refractivity contribution in [2.75, 3.05) is 26.2 Å². The highest BCUT2D eigenvalue weighted by Gasteiger charge is 2.29. The Balaban J connectivity index is 1.24. The van der Waals surface area contributed by atoms with Crippen molar-refractivity contribution in [2.45, 2.75) is 25.3 Å². The van der Waals surface area contributed by atoms with Crippen LogP contribution in [0.25, 0.3) is 11.0 Å². The van der Waals surface area contributed by atoms with Crippen LogP contribution in [0.4, 0.5) is 0 Å². The van der Waals surface area contributed by atoms with Crippen molar-refractivity contribution < 1.29 is 4.79 Å². The van der Waals surface area contributed by atoms with E-state index in [9.17, 15) is 4.79 Å². The molecule has 144 valence electrons. The lowest BCUT2D eigenvalue weighted by atomic mass is 9.87. The fourth-order valence-corrected chi connectivity index (χ4v) is 4.61. The van der Waals surface area contributed by atoms with Gasteiger partial charge in [-0.15, -0.1) is 0 Å². The number of hydrogen-bond donors (Lipinski definition) is 0. The number of aryl methyl sites for hydroxylation is 2. The van der Waals surface area contributed by atoms with Gasteiger partial charge in [-0.2, -0.15) is 5.10 Å². The molecule has 2 aliphatic rings. The third-order valence-corrected chi connectivity index (χ3v) is 6.28. The third-order valence-electron chi connectivity index (χ3n) is 6.28. The summed E-state index contributed by atoms with van der Waals surface area (Å²) in [5.41, 5.74) is 5.36. The quantitative estimate of drug-likeness (QED) is 0.690. The summed E-state index contributed by atoms with van der Waals surface area (Å²) >= 11 is 0. The molecule has 1 atom stereocenters. The summed E-state index contributed by atoms with van der Waals surface area (Å²) in [7, 11) is 1.87. The minimum Gasteiger partial charge on any atom is -0.336 e. The molecule has 3 aromatic rings. The Hall–Kier alpha value is -2.73. The largest absolute Gasteiger partial charge is 0.336 e. The molecule has 3 heterocycles. The van der Waals surface area contributed by atoms with E-state index in [0.717, 1.165) is 50.1 Å². The number of carbonyl (C=O) groups is 1. The monoisotopic (exact) mass is 375 g/mol. The van der Waals surface area contributed by atoms with E-state index in [1.807, 2.05) is 18.0 Å². The Bertz CT molecular complexity index is 1020. The van der Waals surface area contributed by atoms with Crippen LogP contribution >= 0.6 is 0 Å². The molecule has 0 saturated carbocycles. The zero-order valence-corrected chi connectivity index (χ0v) is 16.2. The molecule has 1 aliphatic carbocycles. The molecular weight excluding hydrogens is 350 g/mol. The van der Waals surface area contributed by atoms with Gasteiger partial charge >= 0.3 is 0 Å². The van der Waals surface area contributed by atoms with Crippen LogP contribution in [-0.2, 0) is 19.9 Å². The molecule has 1 saturated heterocycles. The molecule has 1 amide bonds. The van der Waals surface area contributed by atoms with Crippen LogP contribution in [0.3, 0.4) is 0 Å². The summed E-state index contributed by atoms with van der Waals surface area (Å²) in [4.78, 5) is 21.9. The van der Waals surface area contributed by atoms with E-state index in [4.69, 9.17) is 0 Å². The van der Waals surface area contributed by atoms with Crippen LogP contribution in [0.5, 0.6) is 0 Å². The van der Waals surface area contributed by atoms with Crippen LogP contribution in [-0.4, -0.2) is 62.7 Å².